The van der Waals surface area contributed by atoms with Crippen molar-refractivity contribution in [3.63, 3.8) is 0 Å². The number of imide groups is 1. The van der Waals surface area contributed by atoms with Crippen molar-refractivity contribution in [1.29, 1.82) is 0 Å². The molecule has 0 aromatic heterocycles. The van der Waals surface area contributed by atoms with Crippen LogP contribution in [0.5, 0.6) is 0 Å². The van der Waals surface area contributed by atoms with Gasteiger partial charge in [0.25, 0.3) is 5.91 Å². The van der Waals surface area contributed by atoms with Gasteiger partial charge in [-0.3, -0.25) is 9.59 Å². The smallest absolute Gasteiger partial charge is 0.308 e. The summed E-state index contributed by atoms with van der Waals surface area (Å²) >= 11 is 0. The molecule has 144 valence electrons. The summed E-state index contributed by atoms with van der Waals surface area (Å²) in [5, 5.41) is 2.57. The van der Waals surface area contributed by atoms with Crippen LogP contribution >= 0.6 is 0 Å². The van der Waals surface area contributed by atoms with Crippen LogP contribution < -0.4 is 10.2 Å². The van der Waals surface area contributed by atoms with Crippen molar-refractivity contribution in [2.24, 2.45) is 0 Å². The maximum Gasteiger partial charge on any atom is 0.322 e. The fraction of sp³-hybridized carbons (Fsp3) is 0.150. The molecule has 2 aromatic carbocycles. The summed E-state index contributed by atoms with van der Waals surface area (Å²) in [6.07, 6.45) is 1.23. The molecule has 2 aromatic rings. The Morgan fingerprint density at radius 1 is 1.11 bits per heavy atom. The Balaban J connectivity index is 1.81. The van der Waals surface area contributed by atoms with E-state index in [1.807, 2.05) is 0 Å². The topological polar surface area (TPSA) is 69.7 Å². The number of carbonyl (C=O) groups excluding carboxylic acids is 3. The minimum atomic E-state index is -1.03. The zero-order chi connectivity index (χ0) is 20.3. The van der Waals surface area contributed by atoms with E-state index < -0.39 is 35.5 Å². The van der Waals surface area contributed by atoms with E-state index >= 15 is 0 Å². The van der Waals surface area contributed by atoms with Crippen LogP contribution in [0.4, 0.5) is 25.0 Å². The Hall–Kier alpha value is -3.55. The third-order valence-corrected chi connectivity index (χ3v) is 4.27. The highest BCUT2D eigenvalue weighted by atomic mass is 19.1. The molecule has 1 atom stereocenters. The maximum absolute atomic E-state index is 13.1. The molecule has 6 nitrogen and oxygen atoms in total. The van der Waals surface area contributed by atoms with E-state index in [0.29, 0.717) is 5.69 Å². The molecule has 1 aliphatic rings. The molecular formula is C20H17F2N3O3. The molecule has 4 amide bonds. The molecule has 1 N–H and O–H groups in total. The van der Waals surface area contributed by atoms with Gasteiger partial charge in [-0.05, 0) is 48.5 Å². The molecular weight excluding hydrogens is 368 g/mol. The number of carbonyl (C=O) groups is 3. The molecule has 0 spiro atoms. The number of urea groups is 1. The first-order valence-electron chi connectivity index (χ1n) is 8.47. The normalized spacial score (nSPS) is 16.2. The van der Waals surface area contributed by atoms with Gasteiger partial charge in [0.1, 0.15) is 17.7 Å². The highest BCUT2D eigenvalue weighted by Gasteiger charge is 2.44. The minimum Gasteiger partial charge on any atom is -0.308 e. The lowest BCUT2D eigenvalue weighted by Crippen LogP contribution is -2.47. The van der Waals surface area contributed by atoms with Crippen LogP contribution in [-0.4, -0.2) is 35.3 Å². The summed E-state index contributed by atoms with van der Waals surface area (Å²) in [6, 6.07) is 8.42. The first-order chi connectivity index (χ1) is 13.4. The van der Waals surface area contributed by atoms with E-state index in [0.717, 1.165) is 17.0 Å². The van der Waals surface area contributed by atoms with Gasteiger partial charge in [-0.25, -0.2) is 18.5 Å². The molecule has 0 radical (unpaired) electrons. The van der Waals surface area contributed by atoms with Gasteiger partial charge in [-0.2, -0.15) is 0 Å². The van der Waals surface area contributed by atoms with Gasteiger partial charge >= 0.3 is 6.03 Å². The Bertz CT molecular complexity index is 913. The van der Waals surface area contributed by atoms with Crippen LogP contribution in [0.3, 0.4) is 0 Å². The van der Waals surface area contributed by atoms with Crippen molar-refractivity contribution < 1.29 is 23.2 Å². The molecule has 1 fully saturated rings. The average Bonchev–Trinajstić information content (AvgIpc) is 2.96. The average molecular weight is 385 g/mol. The molecule has 0 aliphatic carbocycles. The third kappa shape index (κ3) is 3.90. The lowest BCUT2D eigenvalue weighted by molar-refractivity contribution is -0.122. The van der Waals surface area contributed by atoms with Crippen molar-refractivity contribution >= 4 is 29.2 Å². The lowest BCUT2D eigenvalue weighted by Gasteiger charge is -2.26. The van der Waals surface area contributed by atoms with Crippen molar-refractivity contribution in [3.05, 3.63) is 72.8 Å². The summed E-state index contributed by atoms with van der Waals surface area (Å²) in [7, 11) is 0. The number of rotatable bonds is 5. The molecule has 28 heavy (non-hydrogen) atoms. The largest absolute Gasteiger partial charge is 0.322 e. The Morgan fingerprint density at radius 2 is 1.68 bits per heavy atom. The molecule has 1 aliphatic heterocycles. The third-order valence-electron chi connectivity index (χ3n) is 4.27. The summed E-state index contributed by atoms with van der Waals surface area (Å²) in [6.45, 7) is 3.60. The van der Waals surface area contributed by atoms with Crippen molar-refractivity contribution in [1.82, 2.24) is 4.90 Å². The van der Waals surface area contributed by atoms with E-state index in [4.69, 9.17) is 0 Å². The maximum atomic E-state index is 13.1. The van der Waals surface area contributed by atoms with Crippen LogP contribution in [0.25, 0.3) is 0 Å². The van der Waals surface area contributed by atoms with Gasteiger partial charge in [0, 0.05) is 12.2 Å². The first kappa shape index (κ1) is 19.2. The number of nitrogens with zero attached hydrogens (tertiary/aromatic N) is 2. The SMILES string of the molecule is C=CCN(C(=O)Nc1ccc(F)cc1)[C@@H]1CC(=O)N(c2ccc(F)cc2)C1=O. The van der Waals surface area contributed by atoms with Gasteiger partial charge in [0.15, 0.2) is 0 Å². The number of hydrogen-bond acceptors (Lipinski definition) is 3. The number of hydrogen-bond donors (Lipinski definition) is 1. The zero-order valence-electron chi connectivity index (χ0n) is 14.8. The van der Waals surface area contributed by atoms with Gasteiger partial charge < -0.3 is 10.2 Å². The Kier molecular flexibility index (Phi) is 5.49. The summed E-state index contributed by atoms with van der Waals surface area (Å²) in [5.74, 6) is -2.03. The first-order valence-corrected chi connectivity index (χ1v) is 8.47. The number of nitrogens with one attached hydrogen (secondary N) is 1. The van der Waals surface area contributed by atoms with E-state index in [1.54, 1.807) is 0 Å². The van der Waals surface area contributed by atoms with Crippen LogP contribution in [0.15, 0.2) is 61.2 Å². The highest BCUT2D eigenvalue weighted by Crippen LogP contribution is 2.26. The molecule has 1 saturated heterocycles. The van der Waals surface area contributed by atoms with E-state index in [2.05, 4.69) is 11.9 Å². The van der Waals surface area contributed by atoms with Crippen LogP contribution in [0.1, 0.15) is 6.42 Å². The van der Waals surface area contributed by atoms with Gasteiger partial charge in [-0.15, -0.1) is 6.58 Å². The zero-order valence-corrected chi connectivity index (χ0v) is 14.8. The number of benzene rings is 2. The molecule has 8 heteroatoms. The van der Waals surface area contributed by atoms with Gasteiger partial charge in [0.05, 0.1) is 12.1 Å². The van der Waals surface area contributed by atoms with E-state index in [9.17, 15) is 23.2 Å². The molecule has 1 heterocycles. The van der Waals surface area contributed by atoms with Crippen molar-refractivity contribution in [3.8, 4) is 0 Å². The predicted octanol–water partition coefficient (Wildman–Crippen LogP) is 3.32. The summed E-state index contributed by atoms with van der Waals surface area (Å²) < 4.78 is 26.2. The molecule has 3 rings (SSSR count). The van der Waals surface area contributed by atoms with Crippen molar-refractivity contribution in [2.75, 3.05) is 16.8 Å². The van der Waals surface area contributed by atoms with Crippen LogP contribution in [-0.2, 0) is 9.59 Å². The second-order valence-electron chi connectivity index (χ2n) is 6.14. The lowest BCUT2D eigenvalue weighted by atomic mass is 10.2. The fourth-order valence-corrected chi connectivity index (χ4v) is 2.94. The minimum absolute atomic E-state index is 0.0218. The summed E-state index contributed by atoms with van der Waals surface area (Å²) in [4.78, 5) is 40.0. The summed E-state index contributed by atoms with van der Waals surface area (Å²) in [5.41, 5.74) is 0.573. The quantitative estimate of drug-likeness (QED) is 0.634. The number of halogens is 2. The van der Waals surface area contributed by atoms with E-state index in [-0.39, 0.29) is 18.7 Å². The fourth-order valence-electron chi connectivity index (χ4n) is 2.94. The van der Waals surface area contributed by atoms with Gasteiger partial charge in [0.2, 0.25) is 5.91 Å². The Labute approximate surface area is 160 Å². The van der Waals surface area contributed by atoms with E-state index in [1.165, 1.54) is 47.4 Å². The Morgan fingerprint density at radius 3 is 2.25 bits per heavy atom. The molecule has 0 unspecified atom stereocenters. The second kappa shape index (κ2) is 7.99. The number of anilines is 2. The number of amides is 4. The van der Waals surface area contributed by atoms with Crippen LogP contribution in [0.2, 0.25) is 0 Å². The predicted molar refractivity (Wildman–Crippen MR) is 99.6 cm³/mol. The van der Waals surface area contributed by atoms with Gasteiger partial charge in [-0.1, -0.05) is 6.08 Å². The molecule has 0 saturated carbocycles. The monoisotopic (exact) mass is 385 g/mol. The van der Waals surface area contributed by atoms with Crippen molar-refractivity contribution in [2.45, 2.75) is 12.5 Å². The van der Waals surface area contributed by atoms with Crippen LogP contribution in [0, 0.1) is 11.6 Å². The standard InChI is InChI=1S/C20H17F2N3O3/c1-2-11-24(20(28)23-15-7-3-13(21)4-8-15)17-12-18(26)25(19(17)27)16-9-5-14(22)6-10-16/h2-10,17H,1,11-12H2,(H,23,28)/t17-/m1/s1. The highest BCUT2D eigenvalue weighted by molar-refractivity contribution is 6.23. The second-order valence-corrected chi connectivity index (χ2v) is 6.14. The molecule has 0 bridgehead atoms.